The van der Waals surface area contributed by atoms with E-state index >= 15 is 0 Å². The van der Waals surface area contributed by atoms with E-state index in [1.807, 2.05) is 6.07 Å². The molecule has 0 bridgehead atoms. The van der Waals surface area contributed by atoms with Gasteiger partial charge in [-0.25, -0.2) is 9.97 Å². The number of nitrogens with zero attached hydrogens (tertiary/aromatic N) is 3. The molecule has 1 aliphatic rings. The number of hydrogen-bond acceptors (Lipinski definition) is 5. The number of carboxylic acid groups (broad SMARTS) is 1. The van der Waals surface area contributed by atoms with Crippen LogP contribution in [-0.2, 0) is 4.79 Å². The molecule has 6 heteroatoms. The summed E-state index contributed by atoms with van der Waals surface area (Å²) in [6.45, 7) is 2.12. The molecule has 104 valence electrons. The number of nitrogens with two attached hydrogens (primary N) is 1. The van der Waals surface area contributed by atoms with Crippen LogP contribution in [0.2, 0.25) is 0 Å². The third kappa shape index (κ3) is 3.71. The summed E-state index contributed by atoms with van der Waals surface area (Å²) in [7, 11) is 2.12. The molecule has 0 radical (unpaired) electrons. The first-order valence-electron chi connectivity index (χ1n) is 6.55. The molecule has 0 amide bonds. The highest BCUT2D eigenvalue weighted by atomic mass is 16.4. The summed E-state index contributed by atoms with van der Waals surface area (Å²) in [6.07, 6.45) is 3.68. The van der Waals surface area contributed by atoms with Crippen LogP contribution in [0.15, 0.2) is 12.3 Å². The van der Waals surface area contributed by atoms with E-state index in [0.29, 0.717) is 11.7 Å². The lowest BCUT2D eigenvalue weighted by molar-refractivity contribution is -0.137. The molecule has 19 heavy (non-hydrogen) atoms. The fourth-order valence-corrected chi connectivity index (χ4v) is 2.38. The maximum Gasteiger partial charge on any atom is 0.305 e. The number of hydrogen-bond donors (Lipinski definition) is 2. The van der Waals surface area contributed by atoms with Crippen LogP contribution in [0.1, 0.15) is 42.7 Å². The van der Waals surface area contributed by atoms with Gasteiger partial charge >= 0.3 is 5.97 Å². The smallest absolute Gasteiger partial charge is 0.305 e. The van der Waals surface area contributed by atoms with Gasteiger partial charge < -0.3 is 15.7 Å². The van der Waals surface area contributed by atoms with Gasteiger partial charge in [0.15, 0.2) is 0 Å². The number of likely N-dealkylation sites (tertiary alicyclic amines) is 1. The second-order valence-electron chi connectivity index (χ2n) is 5.12. The SMILES string of the molecule is CN1CCC(c2ccnc(C(N)CC(=O)O)n2)CC1. The Morgan fingerprint density at radius 1 is 1.58 bits per heavy atom. The van der Waals surface area contributed by atoms with Gasteiger partial charge in [-0.2, -0.15) is 0 Å². The zero-order chi connectivity index (χ0) is 13.8. The van der Waals surface area contributed by atoms with E-state index in [1.165, 1.54) is 0 Å². The van der Waals surface area contributed by atoms with Gasteiger partial charge in [-0.3, -0.25) is 4.79 Å². The number of rotatable bonds is 4. The second kappa shape index (κ2) is 6.08. The molecule has 3 N–H and O–H groups in total. The van der Waals surface area contributed by atoms with E-state index < -0.39 is 12.0 Å². The highest BCUT2D eigenvalue weighted by Crippen LogP contribution is 2.26. The number of aliphatic carboxylic acids is 1. The predicted molar refractivity (Wildman–Crippen MR) is 70.7 cm³/mol. The largest absolute Gasteiger partial charge is 0.481 e. The summed E-state index contributed by atoms with van der Waals surface area (Å²) in [5.41, 5.74) is 6.79. The minimum atomic E-state index is -0.930. The zero-order valence-electron chi connectivity index (χ0n) is 11.1. The van der Waals surface area contributed by atoms with Crippen LogP contribution >= 0.6 is 0 Å². The van der Waals surface area contributed by atoms with Crippen molar-refractivity contribution in [1.29, 1.82) is 0 Å². The minimum Gasteiger partial charge on any atom is -0.481 e. The standard InChI is InChI=1S/C13H20N4O2/c1-17-6-3-9(4-7-17)11-2-5-15-13(16-11)10(14)8-12(18)19/h2,5,9-10H,3-4,6-8,14H2,1H3,(H,18,19). The van der Waals surface area contributed by atoms with E-state index in [1.54, 1.807) is 6.20 Å². The molecule has 2 heterocycles. The van der Waals surface area contributed by atoms with Gasteiger partial charge in [-0.1, -0.05) is 0 Å². The first kappa shape index (κ1) is 13.9. The van der Waals surface area contributed by atoms with E-state index in [4.69, 9.17) is 10.8 Å². The molecule has 0 aromatic carbocycles. The van der Waals surface area contributed by atoms with Crippen molar-refractivity contribution in [2.75, 3.05) is 20.1 Å². The van der Waals surface area contributed by atoms with Crippen LogP contribution < -0.4 is 5.73 Å². The molecule has 1 fully saturated rings. The van der Waals surface area contributed by atoms with Crippen molar-refractivity contribution in [2.24, 2.45) is 5.73 Å². The highest BCUT2D eigenvalue weighted by Gasteiger charge is 2.21. The lowest BCUT2D eigenvalue weighted by Crippen LogP contribution is -2.30. The molecule has 0 saturated carbocycles. The molecule has 1 atom stereocenters. The van der Waals surface area contributed by atoms with Crippen LogP contribution in [0.25, 0.3) is 0 Å². The molecule has 1 unspecified atom stereocenters. The first-order valence-corrected chi connectivity index (χ1v) is 6.55. The monoisotopic (exact) mass is 264 g/mol. The quantitative estimate of drug-likeness (QED) is 0.834. The van der Waals surface area contributed by atoms with Gasteiger partial charge in [-0.15, -0.1) is 0 Å². The average Bonchev–Trinajstić information content (AvgIpc) is 2.39. The molecule has 1 aromatic rings. The second-order valence-corrected chi connectivity index (χ2v) is 5.12. The Kier molecular flexibility index (Phi) is 4.44. The molecule has 0 aliphatic carbocycles. The Morgan fingerprint density at radius 3 is 2.89 bits per heavy atom. The van der Waals surface area contributed by atoms with Crippen LogP contribution in [0, 0.1) is 0 Å². The zero-order valence-corrected chi connectivity index (χ0v) is 11.1. The normalized spacial score (nSPS) is 19.3. The van der Waals surface area contributed by atoms with E-state index in [9.17, 15) is 4.79 Å². The fourth-order valence-electron chi connectivity index (χ4n) is 2.38. The van der Waals surface area contributed by atoms with Crippen molar-refractivity contribution in [3.63, 3.8) is 0 Å². The van der Waals surface area contributed by atoms with Crippen LogP contribution in [0.5, 0.6) is 0 Å². The molecular weight excluding hydrogens is 244 g/mol. The lowest BCUT2D eigenvalue weighted by Gasteiger charge is -2.28. The topological polar surface area (TPSA) is 92.3 Å². The number of aromatic nitrogens is 2. The van der Waals surface area contributed by atoms with E-state index in [-0.39, 0.29) is 6.42 Å². The van der Waals surface area contributed by atoms with Gasteiger partial charge in [0.25, 0.3) is 0 Å². The number of carbonyl (C=O) groups is 1. The minimum absolute atomic E-state index is 0.142. The summed E-state index contributed by atoms with van der Waals surface area (Å²) in [5.74, 6) is -0.0744. The third-order valence-electron chi connectivity index (χ3n) is 3.56. The number of carboxylic acids is 1. The van der Waals surface area contributed by atoms with Gasteiger partial charge in [-0.05, 0) is 39.0 Å². The van der Waals surface area contributed by atoms with Gasteiger partial charge in [0.05, 0.1) is 12.5 Å². The molecular formula is C13H20N4O2. The summed E-state index contributed by atoms with van der Waals surface area (Å²) < 4.78 is 0. The molecule has 0 spiro atoms. The van der Waals surface area contributed by atoms with Gasteiger partial charge in [0, 0.05) is 17.8 Å². The van der Waals surface area contributed by atoms with Gasteiger partial charge in [0.2, 0.25) is 0 Å². The maximum absolute atomic E-state index is 10.7. The van der Waals surface area contributed by atoms with Gasteiger partial charge in [0.1, 0.15) is 5.82 Å². The van der Waals surface area contributed by atoms with Crippen molar-refractivity contribution in [2.45, 2.75) is 31.2 Å². The summed E-state index contributed by atoms with van der Waals surface area (Å²) in [5, 5.41) is 8.75. The molecule has 6 nitrogen and oxygen atoms in total. The fraction of sp³-hybridized carbons (Fsp3) is 0.615. The Balaban J connectivity index is 2.08. The molecule has 1 saturated heterocycles. The van der Waals surface area contributed by atoms with Crippen LogP contribution in [0.4, 0.5) is 0 Å². The Bertz CT molecular complexity index is 444. The van der Waals surface area contributed by atoms with Crippen molar-refractivity contribution in [3.05, 3.63) is 23.8 Å². The van der Waals surface area contributed by atoms with Crippen molar-refractivity contribution >= 4 is 5.97 Å². The first-order chi connectivity index (χ1) is 9.06. The Hall–Kier alpha value is -1.53. The lowest BCUT2D eigenvalue weighted by atomic mass is 9.93. The maximum atomic E-state index is 10.7. The van der Waals surface area contributed by atoms with Crippen LogP contribution in [0.3, 0.4) is 0 Å². The Labute approximate surface area is 112 Å². The summed E-state index contributed by atoms with van der Waals surface area (Å²) in [6, 6.07) is 1.27. The van der Waals surface area contributed by atoms with Crippen molar-refractivity contribution in [1.82, 2.24) is 14.9 Å². The predicted octanol–water partition coefficient (Wildman–Crippen LogP) is 0.760. The van der Waals surface area contributed by atoms with Crippen molar-refractivity contribution < 1.29 is 9.90 Å². The van der Waals surface area contributed by atoms with Crippen molar-refractivity contribution in [3.8, 4) is 0 Å². The number of piperidine rings is 1. The van der Waals surface area contributed by atoms with E-state index in [0.717, 1.165) is 31.6 Å². The average molecular weight is 264 g/mol. The van der Waals surface area contributed by atoms with E-state index in [2.05, 4.69) is 21.9 Å². The molecule has 2 rings (SSSR count). The summed E-state index contributed by atoms with van der Waals surface area (Å²) in [4.78, 5) is 21.5. The third-order valence-corrected chi connectivity index (χ3v) is 3.56. The Morgan fingerprint density at radius 2 is 2.26 bits per heavy atom. The highest BCUT2D eigenvalue weighted by molar-refractivity contribution is 5.67. The summed E-state index contributed by atoms with van der Waals surface area (Å²) >= 11 is 0. The molecule has 1 aromatic heterocycles. The van der Waals surface area contributed by atoms with Crippen LogP contribution in [-0.4, -0.2) is 46.1 Å². The molecule has 1 aliphatic heterocycles.